The van der Waals surface area contributed by atoms with Gasteiger partial charge in [-0.15, -0.1) is 11.3 Å². The second-order valence-electron chi connectivity index (χ2n) is 6.86. The molecule has 1 fully saturated rings. The van der Waals surface area contributed by atoms with Gasteiger partial charge in [-0.25, -0.2) is 4.98 Å². The van der Waals surface area contributed by atoms with Crippen LogP contribution < -0.4 is 5.32 Å². The molecule has 0 spiro atoms. The van der Waals surface area contributed by atoms with Crippen LogP contribution in [0.25, 0.3) is 0 Å². The third-order valence-corrected chi connectivity index (χ3v) is 5.50. The molecule has 1 aromatic heterocycles. The summed E-state index contributed by atoms with van der Waals surface area (Å²) in [6.07, 6.45) is 1.95. The Kier molecular flexibility index (Phi) is 4.04. The van der Waals surface area contributed by atoms with Crippen molar-refractivity contribution in [3.63, 3.8) is 0 Å². The third kappa shape index (κ3) is 2.42. The van der Waals surface area contributed by atoms with E-state index in [0.29, 0.717) is 0 Å². The molecule has 0 aliphatic carbocycles. The number of thiazole rings is 1. The fourth-order valence-corrected chi connectivity index (χ4v) is 4.91. The van der Waals surface area contributed by atoms with Crippen LogP contribution >= 0.6 is 11.3 Å². The van der Waals surface area contributed by atoms with Gasteiger partial charge in [0.1, 0.15) is 10.5 Å². The summed E-state index contributed by atoms with van der Waals surface area (Å²) in [4.78, 5) is 6.27. The summed E-state index contributed by atoms with van der Waals surface area (Å²) >= 11 is 1.82. The molecule has 1 aromatic rings. The number of nitrogens with one attached hydrogen (secondary N) is 1. The van der Waals surface area contributed by atoms with Crippen LogP contribution in [0.4, 0.5) is 0 Å². The fourth-order valence-electron chi connectivity index (χ4n) is 3.59. The maximum Gasteiger partial charge on any atom is 0.116 e. The SMILES string of the molecule is CCNC1(c2nc(CC)c(C)s2)CC(C)(C)OC1(C)C. The predicted molar refractivity (Wildman–Crippen MR) is 85.4 cm³/mol. The van der Waals surface area contributed by atoms with E-state index >= 15 is 0 Å². The van der Waals surface area contributed by atoms with Gasteiger partial charge in [-0.05, 0) is 47.6 Å². The van der Waals surface area contributed by atoms with Gasteiger partial charge in [-0.1, -0.05) is 13.8 Å². The summed E-state index contributed by atoms with van der Waals surface area (Å²) in [5.41, 5.74) is 0.649. The molecule has 1 aliphatic heterocycles. The van der Waals surface area contributed by atoms with Gasteiger partial charge in [0, 0.05) is 11.3 Å². The molecule has 1 N–H and O–H groups in total. The Morgan fingerprint density at radius 1 is 1.25 bits per heavy atom. The summed E-state index contributed by atoms with van der Waals surface area (Å²) in [5, 5.41) is 4.89. The topological polar surface area (TPSA) is 34.2 Å². The van der Waals surface area contributed by atoms with Crippen molar-refractivity contribution in [1.29, 1.82) is 0 Å². The molecule has 0 saturated carbocycles. The van der Waals surface area contributed by atoms with Crippen LogP contribution in [0.1, 0.15) is 63.5 Å². The van der Waals surface area contributed by atoms with Crippen LogP contribution in [0.2, 0.25) is 0 Å². The number of aryl methyl sites for hydroxylation is 2. The number of aromatic nitrogens is 1. The van der Waals surface area contributed by atoms with Crippen LogP contribution in [0.15, 0.2) is 0 Å². The van der Waals surface area contributed by atoms with Gasteiger partial charge in [-0.2, -0.15) is 0 Å². The average molecular weight is 296 g/mol. The van der Waals surface area contributed by atoms with Crippen LogP contribution in [0, 0.1) is 6.92 Å². The van der Waals surface area contributed by atoms with Gasteiger partial charge in [-0.3, -0.25) is 0 Å². The second kappa shape index (κ2) is 5.08. The number of hydrogen-bond acceptors (Lipinski definition) is 4. The van der Waals surface area contributed by atoms with Gasteiger partial charge >= 0.3 is 0 Å². The lowest BCUT2D eigenvalue weighted by Gasteiger charge is -2.39. The Morgan fingerprint density at radius 3 is 2.30 bits per heavy atom. The molecule has 3 nitrogen and oxygen atoms in total. The van der Waals surface area contributed by atoms with Crippen molar-refractivity contribution in [2.24, 2.45) is 0 Å². The number of hydrogen-bond donors (Lipinski definition) is 1. The van der Waals surface area contributed by atoms with Gasteiger partial charge < -0.3 is 10.1 Å². The van der Waals surface area contributed by atoms with E-state index in [2.05, 4.69) is 53.8 Å². The summed E-state index contributed by atoms with van der Waals surface area (Å²) in [5.74, 6) is 0. The van der Waals surface area contributed by atoms with E-state index in [4.69, 9.17) is 9.72 Å². The van der Waals surface area contributed by atoms with Crippen molar-refractivity contribution >= 4 is 11.3 Å². The molecule has 1 saturated heterocycles. The van der Waals surface area contributed by atoms with E-state index in [1.807, 2.05) is 11.3 Å². The van der Waals surface area contributed by atoms with Gasteiger partial charge in [0.15, 0.2) is 0 Å². The summed E-state index contributed by atoms with van der Waals surface area (Å²) in [6, 6.07) is 0. The third-order valence-electron chi connectivity index (χ3n) is 4.32. The first-order valence-electron chi connectivity index (χ1n) is 7.59. The minimum absolute atomic E-state index is 0.127. The number of rotatable bonds is 4. The van der Waals surface area contributed by atoms with Crippen molar-refractivity contribution in [1.82, 2.24) is 10.3 Å². The van der Waals surface area contributed by atoms with E-state index < -0.39 is 0 Å². The lowest BCUT2D eigenvalue weighted by atomic mass is 9.79. The van der Waals surface area contributed by atoms with Crippen LogP contribution in [-0.4, -0.2) is 22.7 Å². The standard InChI is InChI=1S/C16H28N2OS/c1-8-12-11(3)20-13(18-12)16(17-9-2)10-14(4,5)19-15(16,6)7/h17H,8-10H2,1-7H3. The Bertz CT molecular complexity index is 493. The maximum atomic E-state index is 6.35. The molecule has 0 radical (unpaired) electrons. The second-order valence-corrected chi connectivity index (χ2v) is 8.06. The normalized spacial score (nSPS) is 27.9. The lowest BCUT2D eigenvalue weighted by molar-refractivity contribution is -0.0842. The molecule has 1 atom stereocenters. The minimum atomic E-state index is -0.262. The van der Waals surface area contributed by atoms with Crippen molar-refractivity contribution in [3.05, 3.63) is 15.6 Å². The molecule has 0 amide bonds. The summed E-state index contributed by atoms with van der Waals surface area (Å²) in [7, 11) is 0. The molecular formula is C16H28N2OS. The van der Waals surface area contributed by atoms with Gasteiger partial charge in [0.05, 0.1) is 16.9 Å². The smallest absolute Gasteiger partial charge is 0.116 e. The van der Waals surface area contributed by atoms with Crippen LogP contribution in [0.5, 0.6) is 0 Å². The Balaban J connectivity index is 2.54. The van der Waals surface area contributed by atoms with Crippen molar-refractivity contribution in [3.8, 4) is 0 Å². The molecule has 2 heterocycles. The maximum absolute atomic E-state index is 6.35. The molecule has 20 heavy (non-hydrogen) atoms. The number of likely N-dealkylation sites (N-methyl/N-ethyl adjacent to an activating group) is 1. The predicted octanol–water partition coefficient (Wildman–Crippen LogP) is 3.80. The van der Waals surface area contributed by atoms with Crippen LogP contribution in [0.3, 0.4) is 0 Å². The average Bonchev–Trinajstić information content (AvgIpc) is 2.75. The van der Waals surface area contributed by atoms with Gasteiger partial charge in [0.2, 0.25) is 0 Å². The molecule has 114 valence electrons. The molecule has 0 aromatic carbocycles. The fraction of sp³-hybridized carbons (Fsp3) is 0.812. The lowest BCUT2D eigenvalue weighted by Crippen LogP contribution is -2.54. The van der Waals surface area contributed by atoms with Crippen molar-refractivity contribution < 1.29 is 4.74 Å². The first-order chi connectivity index (χ1) is 9.17. The van der Waals surface area contributed by atoms with E-state index in [1.54, 1.807) is 0 Å². The Labute approximate surface area is 127 Å². The highest BCUT2D eigenvalue weighted by atomic mass is 32.1. The van der Waals surface area contributed by atoms with Crippen LogP contribution in [-0.2, 0) is 16.7 Å². The summed E-state index contributed by atoms with van der Waals surface area (Å²) < 4.78 is 6.35. The molecule has 0 bridgehead atoms. The van der Waals surface area contributed by atoms with E-state index in [9.17, 15) is 0 Å². The first-order valence-corrected chi connectivity index (χ1v) is 8.41. The van der Waals surface area contributed by atoms with Crippen molar-refractivity contribution in [2.75, 3.05) is 6.54 Å². The van der Waals surface area contributed by atoms with Gasteiger partial charge in [0.25, 0.3) is 0 Å². The number of nitrogens with zero attached hydrogens (tertiary/aromatic N) is 1. The summed E-state index contributed by atoms with van der Waals surface area (Å²) in [6.45, 7) is 16.1. The van der Waals surface area contributed by atoms with E-state index in [-0.39, 0.29) is 16.7 Å². The highest BCUT2D eigenvalue weighted by Crippen LogP contribution is 2.51. The Hall–Kier alpha value is -0.450. The molecule has 2 rings (SSSR count). The minimum Gasteiger partial charge on any atom is -0.367 e. The zero-order valence-electron chi connectivity index (χ0n) is 13.9. The van der Waals surface area contributed by atoms with Crippen molar-refractivity contribution in [2.45, 2.75) is 78.0 Å². The molecule has 1 unspecified atom stereocenters. The van der Waals surface area contributed by atoms with E-state index in [0.717, 1.165) is 19.4 Å². The monoisotopic (exact) mass is 296 g/mol. The van der Waals surface area contributed by atoms with E-state index in [1.165, 1.54) is 15.6 Å². The Morgan fingerprint density at radius 2 is 1.90 bits per heavy atom. The number of ether oxygens (including phenoxy) is 1. The molecule has 1 aliphatic rings. The highest BCUT2D eigenvalue weighted by molar-refractivity contribution is 7.11. The first kappa shape index (κ1) is 15.9. The zero-order valence-corrected chi connectivity index (χ0v) is 14.7. The largest absolute Gasteiger partial charge is 0.367 e. The zero-order chi connectivity index (χ0) is 15.2. The molecular weight excluding hydrogens is 268 g/mol. The quantitative estimate of drug-likeness (QED) is 0.917. The molecule has 4 heteroatoms. The highest BCUT2D eigenvalue weighted by Gasteiger charge is 2.59.